The molecule has 1 N–H and O–H groups in total. The van der Waals surface area contributed by atoms with Gasteiger partial charge in [0.1, 0.15) is 0 Å². The summed E-state index contributed by atoms with van der Waals surface area (Å²) >= 11 is 0. The Balaban J connectivity index is 1.60. The van der Waals surface area contributed by atoms with Crippen molar-refractivity contribution < 1.29 is 32.6 Å². The molecule has 0 bridgehead atoms. The van der Waals surface area contributed by atoms with Crippen molar-refractivity contribution in [2.45, 2.75) is 12.8 Å². The molecule has 1 unspecified atom stereocenters. The quantitative estimate of drug-likeness (QED) is 0.0763. The topological polar surface area (TPSA) is 94.5 Å². The zero-order valence-electron chi connectivity index (χ0n) is 28.8. The molecular formula is C40H40N3O7P3. The van der Waals surface area contributed by atoms with E-state index < -0.39 is 15.2 Å². The fourth-order valence-electron chi connectivity index (χ4n) is 5.45. The molecule has 0 spiro atoms. The Labute approximate surface area is 311 Å². The molecular weight excluding hydrogens is 727 g/mol. The first-order valence-electron chi connectivity index (χ1n) is 17.2. The van der Waals surface area contributed by atoms with Crippen LogP contribution < -0.4 is 27.5 Å². The van der Waals surface area contributed by atoms with Crippen molar-refractivity contribution in [2.24, 2.45) is 4.52 Å². The third kappa shape index (κ3) is 8.19. The summed E-state index contributed by atoms with van der Waals surface area (Å²) < 4.78 is 45.3. The molecule has 272 valence electrons. The van der Waals surface area contributed by atoms with Gasteiger partial charge in [0, 0.05) is 0 Å². The molecule has 0 saturated heterocycles. The van der Waals surface area contributed by atoms with Crippen LogP contribution in [0.25, 0.3) is 0 Å². The second-order valence-corrected chi connectivity index (χ2v) is 18.7. The fourth-order valence-corrected chi connectivity index (χ4v) is 15.8. The van der Waals surface area contributed by atoms with Crippen LogP contribution in [-0.4, -0.2) is 27.3 Å². The summed E-state index contributed by atoms with van der Waals surface area (Å²) in [5.41, 5.74) is 0. The van der Waals surface area contributed by atoms with Crippen molar-refractivity contribution in [1.82, 2.24) is 9.05 Å². The molecule has 6 aromatic rings. The van der Waals surface area contributed by atoms with Crippen LogP contribution in [-0.2, 0) is 0 Å². The van der Waals surface area contributed by atoms with Crippen LogP contribution in [0.1, 0.15) is 12.8 Å². The molecule has 1 aliphatic heterocycles. The van der Waals surface area contributed by atoms with Crippen molar-refractivity contribution in [3.8, 4) is 34.5 Å². The van der Waals surface area contributed by atoms with Gasteiger partial charge in [-0.1, -0.05) is 0 Å². The first-order chi connectivity index (χ1) is 26.1. The van der Waals surface area contributed by atoms with E-state index >= 15 is 0 Å². The van der Waals surface area contributed by atoms with E-state index in [1.165, 1.54) is 4.60 Å². The third-order valence-electron chi connectivity index (χ3n) is 7.85. The molecule has 1 atom stereocenters. The number of aliphatic hydroxyl groups excluding tert-OH is 1. The molecule has 0 aromatic heterocycles. The second-order valence-electron chi connectivity index (χ2n) is 11.7. The predicted molar refractivity (Wildman–Crippen MR) is 212 cm³/mol. The number of benzene rings is 6. The Morgan fingerprint density at radius 3 is 1.23 bits per heavy atom. The third-order valence-corrected chi connectivity index (χ3v) is 17.2. The van der Waals surface area contributed by atoms with Gasteiger partial charge in [-0.25, -0.2) is 0 Å². The molecule has 6 aromatic carbocycles. The minimum absolute atomic E-state index is 0.00190. The average Bonchev–Trinajstić information content (AvgIpc) is 3.20. The standard InChI is InChI=1S/C40H40N3O7P3/c44-34-20-19-33-42-51-41-52(46-36-23-9-2-10-24-36,47-37-25-11-3-12-26-37)43(45-35-21-7-1-8-22-35)53(42,48-38-27-13-4-14-28-38,49-39-29-15-5-16-30-39)50-40-31-17-6-18-32-40/h1-18,21-32,44,51H,19-20,33-34H2. The van der Waals surface area contributed by atoms with Crippen LogP contribution in [0.3, 0.4) is 0 Å². The van der Waals surface area contributed by atoms with E-state index in [9.17, 15) is 5.11 Å². The van der Waals surface area contributed by atoms with Crippen LogP contribution in [0, 0.1) is 0 Å². The average molecular weight is 768 g/mol. The summed E-state index contributed by atoms with van der Waals surface area (Å²) in [6, 6.07) is 56.1. The Hall–Kier alpha value is -4.91. The zero-order chi connectivity index (χ0) is 36.3. The predicted octanol–water partition coefficient (Wildman–Crippen LogP) is 11.3. The zero-order valence-corrected chi connectivity index (χ0v) is 31.6. The van der Waals surface area contributed by atoms with E-state index in [1.54, 1.807) is 0 Å². The normalized spacial score (nSPS) is 17.3. The van der Waals surface area contributed by atoms with Crippen molar-refractivity contribution in [3.05, 3.63) is 182 Å². The summed E-state index contributed by atoms with van der Waals surface area (Å²) in [6.45, 7) is 0.330. The number of hydrogen-bond acceptors (Lipinski definition) is 10. The molecule has 53 heavy (non-hydrogen) atoms. The van der Waals surface area contributed by atoms with E-state index in [4.69, 9.17) is 32.0 Å². The SMILES string of the molecule is OCCCCN1PN=P(Oc2ccccc2)(Oc2ccccc2)N(Oc2ccccc2)P1(Oc1ccccc1)(Oc1ccccc1)Oc1ccccc1. The molecule has 0 aliphatic carbocycles. The van der Waals surface area contributed by atoms with E-state index in [-0.39, 0.29) is 15.5 Å². The van der Waals surface area contributed by atoms with Gasteiger partial charge >= 0.3 is 313 Å². The summed E-state index contributed by atoms with van der Waals surface area (Å²) in [6.07, 6.45) is 1.06. The summed E-state index contributed by atoms with van der Waals surface area (Å²) in [5, 5.41) is 9.96. The number of unbranched alkanes of at least 4 members (excludes halogenated alkanes) is 1. The fraction of sp³-hybridized carbons (Fsp3) is 0.100. The molecule has 1 heterocycles. The molecule has 10 nitrogen and oxygen atoms in total. The van der Waals surface area contributed by atoms with Gasteiger partial charge < -0.3 is 0 Å². The number of nitrogens with zero attached hydrogens (tertiary/aromatic N) is 3. The van der Waals surface area contributed by atoms with E-state index in [2.05, 4.69) is 0 Å². The Morgan fingerprint density at radius 1 is 0.491 bits per heavy atom. The van der Waals surface area contributed by atoms with Crippen molar-refractivity contribution in [2.75, 3.05) is 13.2 Å². The molecule has 7 rings (SSSR count). The van der Waals surface area contributed by atoms with E-state index in [1.807, 2.05) is 186 Å². The van der Waals surface area contributed by atoms with Gasteiger partial charge in [-0.3, -0.25) is 0 Å². The van der Waals surface area contributed by atoms with Gasteiger partial charge in [0.15, 0.2) is 0 Å². The summed E-state index contributed by atoms with van der Waals surface area (Å²) in [7, 11) is -9.68. The van der Waals surface area contributed by atoms with Gasteiger partial charge in [0.05, 0.1) is 0 Å². The Morgan fingerprint density at radius 2 is 0.849 bits per heavy atom. The van der Waals surface area contributed by atoms with Gasteiger partial charge in [0.25, 0.3) is 0 Å². The summed E-state index contributed by atoms with van der Waals surface area (Å²) in [4.78, 5) is 7.12. The van der Waals surface area contributed by atoms with E-state index in [0.29, 0.717) is 53.9 Å². The Bertz CT molecular complexity index is 1920. The number of aliphatic hydroxyl groups is 1. The second kappa shape index (κ2) is 16.8. The molecule has 0 radical (unpaired) electrons. The van der Waals surface area contributed by atoms with Crippen molar-refractivity contribution in [1.29, 1.82) is 0 Å². The molecule has 13 heteroatoms. The van der Waals surface area contributed by atoms with Crippen LogP contribution in [0.2, 0.25) is 0 Å². The van der Waals surface area contributed by atoms with Crippen molar-refractivity contribution in [3.63, 3.8) is 0 Å². The first kappa shape index (κ1) is 36.4. The van der Waals surface area contributed by atoms with Gasteiger partial charge in [-0.2, -0.15) is 0 Å². The van der Waals surface area contributed by atoms with E-state index in [0.717, 1.165) is 0 Å². The van der Waals surface area contributed by atoms with Gasteiger partial charge in [0.2, 0.25) is 0 Å². The van der Waals surface area contributed by atoms with Crippen molar-refractivity contribution >= 4 is 24.1 Å². The molecule has 0 fully saturated rings. The maximum absolute atomic E-state index is 9.96. The van der Waals surface area contributed by atoms with Crippen LogP contribution >= 0.6 is 24.1 Å². The van der Waals surface area contributed by atoms with Gasteiger partial charge in [-0.15, -0.1) is 0 Å². The van der Waals surface area contributed by atoms with Crippen LogP contribution in [0.4, 0.5) is 0 Å². The minimum atomic E-state index is -5.36. The maximum atomic E-state index is 9.96. The molecule has 0 saturated carbocycles. The number of para-hydroxylation sites is 6. The first-order valence-corrected chi connectivity index (χ1v) is 21.5. The number of rotatable bonds is 16. The Kier molecular flexibility index (Phi) is 11.6. The molecule has 0 amide bonds. The van der Waals surface area contributed by atoms with Gasteiger partial charge in [-0.05, 0) is 0 Å². The summed E-state index contributed by atoms with van der Waals surface area (Å²) in [5.74, 6) is 2.72. The van der Waals surface area contributed by atoms with Crippen LogP contribution in [0.5, 0.6) is 34.5 Å². The molecule has 1 aliphatic rings. The monoisotopic (exact) mass is 767 g/mol. The number of hydrogen-bond donors (Lipinski definition) is 1. The van der Waals surface area contributed by atoms with Crippen LogP contribution in [0.15, 0.2) is 187 Å².